The fourth-order valence-corrected chi connectivity index (χ4v) is 3.73. The number of nitrogens with zero attached hydrogens (tertiary/aromatic N) is 1. The van der Waals surface area contributed by atoms with Crippen molar-refractivity contribution >= 4 is 5.91 Å². The molecule has 1 atom stereocenters. The number of hydrogen-bond donors (Lipinski definition) is 1. The second kappa shape index (κ2) is 10.9. The maximum absolute atomic E-state index is 13.5. The van der Waals surface area contributed by atoms with Gasteiger partial charge in [-0.3, -0.25) is 4.79 Å². The Kier molecular flexibility index (Phi) is 8.54. The number of aliphatic hydroxyl groups is 1. The molecule has 30 heavy (non-hydrogen) atoms. The molecule has 1 N–H and O–H groups in total. The molecule has 2 aromatic rings. The second-order valence-corrected chi connectivity index (χ2v) is 7.30. The van der Waals surface area contributed by atoms with E-state index in [-0.39, 0.29) is 12.5 Å². The molecule has 0 fully saturated rings. The molecule has 2 aromatic carbocycles. The van der Waals surface area contributed by atoms with Crippen LogP contribution < -0.4 is 14.2 Å². The summed E-state index contributed by atoms with van der Waals surface area (Å²) in [7, 11) is 4.58. The van der Waals surface area contributed by atoms with Crippen LogP contribution in [0.3, 0.4) is 0 Å². The highest BCUT2D eigenvalue weighted by Crippen LogP contribution is 2.39. The first-order chi connectivity index (χ1) is 14.5. The van der Waals surface area contributed by atoms with Crippen LogP contribution in [0.25, 0.3) is 0 Å². The van der Waals surface area contributed by atoms with Gasteiger partial charge in [-0.2, -0.15) is 0 Å². The van der Waals surface area contributed by atoms with Crippen LogP contribution in [0.5, 0.6) is 17.2 Å². The quantitative estimate of drug-likeness (QED) is 0.603. The molecule has 0 spiro atoms. The number of carbonyl (C=O) groups excluding carboxylic acids is 1. The molecule has 6 nitrogen and oxygen atoms in total. The predicted molar refractivity (Wildman–Crippen MR) is 118 cm³/mol. The van der Waals surface area contributed by atoms with Crippen molar-refractivity contribution in [2.75, 3.05) is 41.0 Å². The highest BCUT2D eigenvalue weighted by molar-refractivity contribution is 5.95. The van der Waals surface area contributed by atoms with Crippen LogP contribution in [0, 0.1) is 0 Å². The van der Waals surface area contributed by atoms with Crippen LogP contribution in [-0.2, 0) is 5.41 Å². The molecule has 1 unspecified atom stereocenters. The molecule has 0 saturated carbocycles. The summed E-state index contributed by atoms with van der Waals surface area (Å²) >= 11 is 0. The molecule has 0 aromatic heterocycles. The van der Waals surface area contributed by atoms with E-state index in [1.54, 1.807) is 17.0 Å². The average Bonchev–Trinajstić information content (AvgIpc) is 2.81. The number of aliphatic hydroxyl groups excluding tert-OH is 1. The first-order valence-corrected chi connectivity index (χ1v) is 10.3. The van der Waals surface area contributed by atoms with Gasteiger partial charge in [0.15, 0.2) is 11.5 Å². The highest BCUT2D eigenvalue weighted by Gasteiger charge is 2.34. The van der Waals surface area contributed by atoms with E-state index in [1.807, 2.05) is 44.2 Å². The van der Waals surface area contributed by atoms with Crippen molar-refractivity contribution in [1.82, 2.24) is 4.90 Å². The Labute approximate surface area is 179 Å². The number of hydrogen-bond acceptors (Lipinski definition) is 5. The number of amides is 1. The van der Waals surface area contributed by atoms with Gasteiger partial charge < -0.3 is 24.2 Å². The second-order valence-electron chi connectivity index (χ2n) is 7.30. The van der Waals surface area contributed by atoms with Gasteiger partial charge in [0.2, 0.25) is 5.75 Å². The van der Waals surface area contributed by atoms with E-state index in [9.17, 15) is 9.90 Å². The lowest BCUT2D eigenvalue weighted by Crippen LogP contribution is -2.46. The third kappa shape index (κ3) is 4.87. The molecule has 1 amide bonds. The Morgan fingerprint density at radius 3 is 2.03 bits per heavy atom. The monoisotopic (exact) mass is 415 g/mol. The van der Waals surface area contributed by atoms with Crippen molar-refractivity contribution in [2.24, 2.45) is 0 Å². The lowest BCUT2D eigenvalue weighted by molar-refractivity contribution is 0.0657. The van der Waals surface area contributed by atoms with Crippen LogP contribution in [-0.4, -0.2) is 56.9 Å². The Morgan fingerprint density at radius 1 is 1.00 bits per heavy atom. The van der Waals surface area contributed by atoms with E-state index >= 15 is 0 Å². The van der Waals surface area contributed by atoms with Crippen LogP contribution in [0.15, 0.2) is 42.5 Å². The maximum Gasteiger partial charge on any atom is 0.254 e. The van der Waals surface area contributed by atoms with Crippen LogP contribution in [0.1, 0.15) is 42.6 Å². The van der Waals surface area contributed by atoms with Gasteiger partial charge in [-0.1, -0.05) is 44.2 Å². The van der Waals surface area contributed by atoms with E-state index in [2.05, 4.69) is 0 Å². The molecule has 0 aliphatic rings. The minimum absolute atomic E-state index is 0.0454. The summed E-state index contributed by atoms with van der Waals surface area (Å²) in [5, 5.41) is 10.3. The molecule has 0 radical (unpaired) electrons. The van der Waals surface area contributed by atoms with Gasteiger partial charge in [0.25, 0.3) is 5.91 Å². The lowest BCUT2D eigenvalue weighted by atomic mass is 9.78. The van der Waals surface area contributed by atoms with E-state index in [0.29, 0.717) is 42.3 Å². The first kappa shape index (κ1) is 23.5. The Balaban J connectivity index is 2.45. The van der Waals surface area contributed by atoms with Crippen LogP contribution >= 0.6 is 0 Å². The van der Waals surface area contributed by atoms with Crippen molar-refractivity contribution in [3.8, 4) is 17.2 Å². The van der Waals surface area contributed by atoms with Gasteiger partial charge in [-0.05, 0) is 30.5 Å². The summed E-state index contributed by atoms with van der Waals surface area (Å²) in [4.78, 5) is 15.3. The van der Waals surface area contributed by atoms with Crippen molar-refractivity contribution < 1.29 is 24.1 Å². The smallest absolute Gasteiger partial charge is 0.254 e. The van der Waals surface area contributed by atoms with Gasteiger partial charge >= 0.3 is 0 Å². The van der Waals surface area contributed by atoms with Gasteiger partial charge in [0.05, 0.1) is 27.9 Å². The molecule has 0 bridgehead atoms. The Hall–Kier alpha value is -2.73. The molecule has 6 heteroatoms. The Bertz CT molecular complexity index is 793. The predicted octanol–water partition coefficient (Wildman–Crippen LogP) is 3.90. The van der Waals surface area contributed by atoms with Gasteiger partial charge in [-0.15, -0.1) is 0 Å². The summed E-state index contributed by atoms with van der Waals surface area (Å²) < 4.78 is 16.2. The molecule has 164 valence electrons. The van der Waals surface area contributed by atoms with E-state index < -0.39 is 5.41 Å². The largest absolute Gasteiger partial charge is 0.493 e. The zero-order valence-corrected chi connectivity index (χ0v) is 18.6. The topological polar surface area (TPSA) is 68.2 Å². The fourth-order valence-electron chi connectivity index (χ4n) is 3.73. The standard InChI is InChI=1S/C24H33NO5/c1-6-13-25(16-24(7-2,17-26)19-11-9-8-10-12-19)23(27)18-14-20(28-3)22(30-5)21(15-18)29-4/h8-12,14-15,26H,6-7,13,16-17H2,1-5H3. The van der Waals surface area contributed by atoms with Crippen molar-refractivity contribution in [2.45, 2.75) is 32.1 Å². The summed E-state index contributed by atoms with van der Waals surface area (Å²) in [5.74, 6) is 1.17. The van der Waals surface area contributed by atoms with E-state index in [4.69, 9.17) is 14.2 Å². The fraction of sp³-hybridized carbons (Fsp3) is 0.458. The van der Waals surface area contributed by atoms with Crippen molar-refractivity contribution in [1.29, 1.82) is 0 Å². The molecule has 0 aliphatic heterocycles. The number of rotatable bonds is 11. The highest BCUT2D eigenvalue weighted by atomic mass is 16.5. The van der Waals surface area contributed by atoms with Gasteiger partial charge in [0.1, 0.15) is 0 Å². The zero-order chi connectivity index (χ0) is 22.1. The first-order valence-electron chi connectivity index (χ1n) is 10.3. The molecule has 0 aliphatic carbocycles. The summed E-state index contributed by atoms with van der Waals surface area (Å²) in [5.41, 5.74) is 0.940. The van der Waals surface area contributed by atoms with Gasteiger partial charge in [-0.25, -0.2) is 0 Å². The minimum atomic E-state index is -0.535. The van der Waals surface area contributed by atoms with E-state index in [0.717, 1.165) is 12.0 Å². The number of ether oxygens (including phenoxy) is 3. The molecule has 0 heterocycles. The molecular formula is C24H33NO5. The SMILES string of the molecule is CCCN(CC(CC)(CO)c1ccccc1)C(=O)c1cc(OC)c(OC)c(OC)c1. The average molecular weight is 416 g/mol. The van der Waals surface area contributed by atoms with Gasteiger partial charge in [0, 0.05) is 24.1 Å². The third-order valence-electron chi connectivity index (χ3n) is 5.55. The van der Waals surface area contributed by atoms with Crippen LogP contribution in [0.4, 0.5) is 0 Å². The molecular weight excluding hydrogens is 382 g/mol. The lowest BCUT2D eigenvalue weighted by Gasteiger charge is -2.37. The van der Waals surface area contributed by atoms with Crippen molar-refractivity contribution in [3.05, 3.63) is 53.6 Å². The normalized spacial score (nSPS) is 12.7. The summed E-state index contributed by atoms with van der Waals surface area (Å²) in [6, 6.07) is 13.2. The summed E-state index contributed by atoms with van der Waals surface area (Å²) in [6.45, 7) is 5.01. The number of benzene rings is 2. The van der Waals surface area contributed by atoms with E-state index in [1.165, 1.54) is 21.3 Å². The third-order valence-corrected chi connectivity index (χ3v) is 5.55. The molecule has 2 rings (SSSR count). The summed E-state index contributed by atoms with van der Waals surface area (Å²) in [6.07, 6.45) is 1.51. The Morgan fingerprint density at radius 2 is 1.60 bits per heavy atom. The zero-order valence-electron chi connectivity index (χ0n) is 18.6. The minimum Gasteiger partial charge on any atom is -0.493 e. The molecule has 0 saturated heterocycles. The van der Waals surface area contributed by atoms with Crippen LogP contribution in [0.2, 0.25) is 0 Å². The number of carbonyl (C=O) groups is 1. The maximum atomic E-state index is 13.5. The van der Waals surface area contributed by atoms with Crippen molar-refractivity contribution in [3.63, 3.8) is 0 Å². The number of methoxy groups -OCH3 is 3.